The van der Waals surface area contributed by atoms with Gasteiger partial charge in [-0.25, -0.2) is 14.3 Å². The number of hydrogen-bond donors (Lipinski definition) is 2. The summed E-state index contributed by atoms with van der Waals surface area (Å²) in [7, 11) is 0. The fourth-order valence-electron chi connectivity index (χ4n) is 2.62. The third-order valence-corrected chi connectivity index (χ3v) is 3.68. The molecule has 1 aliphatic rings. The van der Waals surface area contributed by atoms with Crippen molar-refractivity contribution in [1.29, 1.82) is 0 Å². The van der Waals surface area contributed by atoms with Gasteiger partial charge in [0.05, 0.1) is 6.61 Å². The van der Waals surface area contributed by atoms with Crippen molar-refractivity contribution in [1.82, 2.24) is 24.9 Å². The normalized spacial score (nSPS) is 19.4. The van der Waals surface area contributed by atoms with E-state index < -0.39 is 0 Å². The molecular weight excluding hydrogens is 258 g/mol. The predicted molar refractivity (Wildman–Crippen MR) is 74.1 cm³/mol. The summed E-state index contributed by atoms with van der Waals surface area (Å²) in [4.78, 5) is 15.8. The van der Waals surface area contributed by atoms with Crippen LogP contribution in [0.3, 0.4) is 0 Å². The van der Waals surface area contributed by atoms with E-state index in [0.717, 1.165) is 13.0 Å². The van der Waals surface area contributed by atoms with Gasteiger partial charge in [0, 0.05) is 12.1 Å². The average molecular weight is 277 g/mol. The molecule has 1 atom stereocenters. The maximum atomic E-state index is 11.5. The zero-order valence-electron chi connectivity index (χ0n) is 11.6. The number of H-pyrrole nitrogens is 1. The van der Waals surface area contributed by atoms with Crippen molar-refractivity contribution in [3.05, 3.63) is 22.4 Å². The third kappa shape index (κ3) is 2.67. The van der Waals surface area contributed by atoms with Crippen molar-refractivity contribution >= 4 is 5.65 Å². The Morgan fingerprint density at radius 3 is 3.20 bits per heavy atom. The molecule has 20 heavy (non-hydrogen) atoms. The molecule has 2 aromatic rings. The summed E-state index contributed by atoms with van der Waals surface area (Å²) >= 11 is 0. The molecule has 1 fully saturated rings. The monoisotopic (exact) mass is 277 g/mol. The van der Waals surface area contributed by atoms with Gasteiger partial charge in [-0.3, -0.25) is 0 Å². The Kier molecular flexibility index (Phi) is 3.68. The number of aromatic amines is 1. The lowest BCUT2D eigenvalue weighted by atomic mass is 10.0. The lowest BCUT2D eigenvalue weighted by Gasteiger charge is -2.23. The highest BCUT2D eigenvalue weighted by atomic mass is 16.5. The molecule has 0 bridgehead atoms. The third-order valence-electron chi connectivity index (χ3n) is 3.68. The first-order valence-electron chi connectivity index (χ1n) is 7.05. The smallest absolute Gasteiger partial charge is 0.349 e. The van der Waals surface area contributed by atoms with Gasteiger partial charge < -0.3 is 10.1 Å². The van der Waals surface area contributed by atoms with Gasteiger partial charge in [-0.2, -0.15) is 10.1 Å². The summed E-state index contributed by atoms with van der Waals surface area (Å²) in [6.45, 7) is 3.48. The van der Waals surface area contributed by atoms with E-state index in [-0.39, 0.29) is 5.69 Å². The number of hydrogen-bond acceptors (Lipinski definition) is 5. The molecule has 0 amide bonds. The summed E-state index contributed by atoms with van der Waals surface area (Å²) in [5, 5.41) is 9.82. The minimum Gasteiger partial charge on any atom is -0.477 e. The second-order valence-corrected chi connectivity index (χ2v) is 5.15. The van der Waals surface area contributed by atoms with Crippen LogP contribution in [0.15, 0.2) is 10.9 Å². The van der Waals surface area contributed by atoms with Crippen molar-refractivity contribution in [3.8, 4) is 5.88 Å². The Morgan fingerprint density at radius 2 is 2.40 bits per heavy atom. The van der Waals surface area contributed by atoms with Crippen LogP contribution in [0, 0.1) is 6.92 Å². The first-order chi connectivity index (χ1) is 9.74. The minimum atomic E-state index is -0.275. The molecule has 3 rings (SSSR count). The van der Waals surface area contributed by atoms with E-state index in [0.29, 0.717) is 30.0 Å². The number of nitrogens with one attached hydrogen (secondary N) is 2. The van der Waals surface area contributed by atoms with E-state index in [1.807, 2.05) is 0 Å². The molecular formula is C13H19N5O2. The topological polar surface area (TPSA) is 84.3 Å². The van der Waals surface area contributed by atoms with Gasteiger partial charge in [-0.15, -0.1) is 0 Å². The fourth-order valence-corrected chi connectivity index (χ4v) is 2.62. The first-order valence-corrected chi connectivity index (χ1v) is 7.05. The highest BCUT2D eigenvalue weighted by Gasteiger charge is 2.13. The summed E-state index contributed by atoms with van der Waals surface area (Å²) in [5.74, 6) is 1.09. The summed E-state index contributed by atoms with van der Waals surface area (Å²) in [6.07, 6.45) is 4.74. The van der Waals surface area contributed by atoms with Crippen LogP contribution < -0.4 is 15.7 Å². The van der Waals surface area contributed by atoms with Crippen molar-refractivity contribution in [3.63, 3.8) is 0 Å². The fraction of sp³-hybridized carbons (Fsp3) is 0.615. The molecule has 0 aliphatic carbocycles. The van der Waals surface area contributed by atoms with Crippen LogP contribution in [0.1, 0.15) is 31.5 Å². The van der Waals surface area contributed by atoms with E-state index >= 15 is 0 Å². The number of rotatable bonds is 4. The molecule has 1 aliphatic heterocycles. The minimum absolute atomic E-state index is 0.275. The molecule has 7 heteroatoms. The number of piperidine rings is 1. The van der Waals surface area contributed by atoms with Crippen molar-refractivity contribution < 1.29 is 4.74 Å². The molecule has 108 valence electrons. The predicted octanol–water partition coefficient (Wildman–Crippen LogP) is 0.637. The van der Waals surface area contributed by atoms with Crippen molar-refractivity contribution in [2.45, 2.75) is 38.6 Å². The van der Waals surface area contributed by atoms with Gasteiger partial charge >= 0.3 is 5.69 Å². The molecule has 0 spiro atoms. The van der Waals surface area contributed by atoms with Gasteiger partial charge in [0.2, 0.25) is 5.88 Å². The van der Waals surface area contributed by atoms with E-state index in [2.05, 4.69) is 20.5 Å². The molecule has 2 aromatic heterocycles. The lowest BCUT2D eigenvalue weighted by Crippen LogP contribution is -2.35. The van der Waals surface area contributed by atoms with E-state index in [1.165, 1.54) is 23.7 Å². The largest absolute Gasteiger partial charge is 0.477 e. The molecule has 0 aromatic carbocycles. The van der Waals surface area contributed by atoms with Crippen LogP contribution in [-0.4, -0.2) is 38.8 Å². The summed E-state index contributed by atoms with van der Waals surface area (Å²) < 4.78 is 7.11. The van der Waals surface area contributed by atoms with Crippen LogP contribution in [0.2, 0.25) is 0 Å². The summed E-state index contributed by atoms with van der Waals surface area (Å²) in [5.41, 5.74) is 0.260. The lowest BCUT2D eigenvalue weighted by molar-refractivity contribution is 0.260. The zero-order chi connectivity index (χ0) is 13.9. The highest BCUT2D eigenvalue weighted by Crippen LogP contribution is 2.13. The number of nitrogens with zero attached hydrogens (tertiary/aromatic N) is 3. The van der Waals surface area contributed by atoms with Gasteiger partial charge in [0.25, 0.3) is 0 Å². The van der Waals surface area contributed by atoms with Gasteiger partial charge in [0.15, 0.2) is 5.65 Å². The molecule has 0 saturated carbocycles. The standard InChI is InChI=1S/C13H19N5O2/c1-9-15-12(8-11-16-17-13(19)18(9)11)20-7-5-10-4-2-3-6-14-10/h8,10,14H,2-7H2,1H3,(H,17,19). The molecule has 1 unspecified atom stereocenters. The first kappa shape index (κ1) is 13.1. The van der Waals surface area contributed by atoms with E-state index in [9.17, 15) is 4.79 Å². The van der Waals surface area contributed by atoms with Crippen LogP contribution in [-0.2, 0) is 0 Å². The Balaban J connectivity index is 1.64. The Morgan fingerprint density at radius 1 is 1.50 bits per heavy atom. The molecule has 3 heterocycles. The van der Waals surface area contributed by atoms with Gasteiger partial charge in [0.1, 0.15) is 5.82 Å². The van der Waals surface area contributed by atoms with Crippen LogP contribution >= 0.6 is 0 Å². The molecule has 0 radical (unpaired) electrons. The number of fused-ring (bicyclic) bond motifs is 1. The second kappa shape index (κ2) is 5.62. The maximum absolute atomic E-state index is 11.5. The number of aromatic nitrogens is 4. The Bertz CT molecular complexity index is 642. The van der Waals surface area contributed by atoms with Crippen molar-refractivity contribution in [2.24, 2.45) is 0 Å². The highest BCUT2D eigenvalue weighted by molar-refractivity contribution is 5.40. The SMILES string of the molecule is Cc1nc(OCCC2CCCCN2)cc2n[nH]c(=O)n12. The quantitative estimate of drug-likeness (QED) is 0.856. The molecule has 7 nitrogen and oxygen atoms in total. The Hall–Kier alpha value is -1.89. The maximum Gasteiger partial charge on any atom is 0.349 e. The van der Waals surface area contributed by atoms with E-state index in [4.69, 9.17) is 4.74 Å². The van der Waals surface area contributed by atoms with Crippen LogP contribution in [0.5, 0.6) is 5.88 Å². The van der Waals surface area contributed by atoms with Crippen LogP contribution in [0.4, 0.5) is 0 Å². The van der Waals surface area contributed by atoms with Gasteiger partial charge in [-0.05, 0) is 32.7 Å². The zero-order valence-corrected chi connectivity index (χ0v) is 11.6. The number of aryl methyl sites for hydroxylation is 1. The second-order valence-electron chi connectivity index (χ2n) is 5.15. The number of ether oxygens (including phenoxy) is 1. The molecule has 2 N–H and O–H groups in total. The molecule has 1 saturated heterocycles. The van der Waals surface area contributed by atoms with Crippen molar-refractivity contribution in [2.75, 3.05) is 13.2 Å². The Labute approximate surface area is 116 Å². The van der Waals surface area contributed by atoms with Crippen LogP contribution in [0.25, 0.3) is 5.65 Å². The summed E-state index contributed by atoms with van der Waals surface area (Å²) in [6, 6.07) is 2.22. The van der Waals surface area contributed by atoms with E-state index in [1.54, 1.807) is 13.0 Å². The van der Waals surface area contributed by atoms with Gasteiger partial charge in [-0.1, -0.05) is 6.42 Å². The average Bonchev–Trinajstić information content (AvgIpc) is 2.82.